The van der Waals surface area contributed by atoms with Gasteiger partial charge in [0.2, 0.25) is 0 Å². The van der Waals surface area contributed by atoms with E-state index >= 15 is 0 Å². The summed E-state index contributed by atoms with van der Waals surface area (Å²) in [5.74, 6) is -0.255. The van der Waals surface area contributed by atoms with Crippen LogP contribution in [-0.2, 0) is 0 Å². The van der Waals surface area contributed by atoms with Crippen LogP contribution in [0.15, 0.2) is 30.3 Å². The van der Waals surface area contributed by atoms with Gasteiger partial charge >= 0.3 is 0 Å². The number of aryl methyl sites for hydroxylation is 3. The highest BCUT2D eigenvalue weighted by Gasteiger charge is 2.08. The molecule has 1 aromatic carbocycles. The molecule has 0 N–H and O–H groups in total. The second-order valence-corrected chi connectivity index (χ2v) is 4.03. The van der Waals surface area contributed by atoms with Crippen molar-refractivity contribution >= 4 is 0 Å². The average Bonchev–Trinajstić information content (AvgIpc) is 2.23. The number of pyridine rings is 1. The third kappa shape index (κ3) is 1.83. The molecule has 1 heterocycles. The van der Waals surface area contributed by atoms with Crippen molar-refractivity contribution in [3.63, 3.8) is 0 Å². The van der Waals surface area contributed by atoms with Crippen molar-refractivity contribution in [1.82, 2.24) is 4.98 Å². The Hall–Kier alpha value is -1.70. The van der Waals surface area contributed by atoms with E-state index in [1.165, 1.54) is 17.2 Å². The van der Waals surface area contributed by atoms with Crippen LogP contribution in [0.1, 0.15) is 16.8 Å². The van der Waals surface area contributed by atoms with Gasteiger partial charge in [0.1, 0.15) is 5.82 Å². The maximum absolute atomic E-state index is 13.2. The van der Waals surface area contributed by atoms with Gasteiger partial charge in [-0.15, -0.1) is 0 Å². The highest BCUT2D eigenvalue weighted by atomic mass is 19.1. The van der Waals surface area contributed by atoms with Crippen molar-refractivity contribution in [3.05, 3.63) is 53.0 Å². The second-order valence-electron chi connectivity index (χ2n) is 4.03. The van der Waals surface area contributed by atoms with Crippen LogP contribution in [0.25, 0.3) is 11.3 Å². The van der Waals surface area contributed by atoms with Gasteiger partial charge in [-0.2, -0.15) is 0 Å². The Morgan fingerprint density at radius 2 is 1.56 bits per heavy atom. The summed E-state index contributed by atoms with van der Waals surface area (Å²) < 4.78 is 13.2. The first-order valence-electron chi connectivity index (χ1n) is 5.29. The average molecular weight is 215 g/mol. The maximum atomic E-state index is 13.2. The molecule has 0 fully saturated rings. The number of aromatic nitrogens is 1. The molecular formula is C14H14FN. The molecule has 0 aliphatic carbocycles. The van der Waals surface area contributed by atoms with E-state index in [0.717, 1.165) is 11.3 Å². The van der Waals surface area contributed by atoms with Crippen molar-refractivity contribution in [1.29, 1.82) is 0 Å². The lowest BCUT2D eigenvalue weighted by molar-refractivity contribution is 0.610. The van der Waals surface area contributed by atoms with Gasteiger partial charge < -0.3 is 0 Å². The van der Waals surface area contributed by atoms with E-state index in [9.17, 15) is 4.39 Å². The van der Waals surface area contributed by atoms with E-state index in [1.807, 2.05) is 32.0 Å². The van der Waals surface area contributed by atoms with Crippen LogP contribution in [0.4, 0.5) is 4.39 Å². The summed E-state index contributed by atoms with van der Waals surface area (Å²) in [6.07, 6.45) is 0. The fourth-order valence-corrected chi connectivity index (χ4v) is 1.90. The second kappa shape index (κ2) is 4.05. The lowest BCUT2D eigenvalue weighted by atomic mass is 9.99. The summed E-state index contributed by atoms with van der Waals surface area (Å²) in [6, 6.07) is 9.32. The Balaban J connectivity index is 2.63. The van der Waals surface area contributed by atoms with Crippen molar-refractivity contribution in [3.8, 4) is 11.3 Å². The van der Waals surface area contributed by atoms with Crippen molar-refractivity contribution in [2.24, 2.45) is 0 Å². The van der Waals surface area contributed by atoms with Crippen LogP contribution in [0.3, 0.4) is 0 Å². The van der Waals surface area contributed by atoms with E-state index in [4.69, 9.17) is 0 Å². The van der Waals surface area contributed by atoms with Gasteiger partial charge in [-0.1, -0.05) is 18.2 Å². The van der Waals surface area contributed by atoms with Crippen LogP contribution in [-0.4, -0.2) is 4.98 Å². The quantitative estimate of drug-likeness (QED) is 0.704. The topological polar surface area (TPSA) is 12.9 Å². The molecule has 0 atom stereocenters. The smallest absolute Gasteiger partial charge is 0.144 e. The lowest BCUT2D eigenvalue weighted by Crippen LogP contribution is -1.94. The molecule has 2 rings (SSSR count). The van der Waals surface area contributed by atoms with Crippen LogP contribution in [0.5, 0.6) is 0 Å². The van der Waals surface area contributed by atoms with Gasteiger partial charge in [0, 0.05) is 5.56 Å². The van der Waals surface area contributed by atoms with Crippen LogP contribution in [0.2, 0.25) is 0 Å². The summed E-state index contributed by atoms with van der Waals surface area (Å²) in [7, 11) is 0. The van der Waals surface area contributed by atoms with Crippen LogP contribution in [0, 0.1) is 26.6 Å². The third-order valence-corrected chi connectivity index (χ3v) is 2.76. The van der Waals surface area contributed by atoms with Crippen molar-refractivity contribution in [2.75, 3.05) is 0 Å². The Morgan fingerprint density at radius 1 is 0.938 bits per heavy atom. The molecule has 2 heteroatoms. The van der Waals surface area contributed by atoms with E-state index in [-0.39, 0.29) is 5.82 Å². The first-order valence-corrected chi connectivity index (χ1v) is 5.29. The van der Waals surface area contributed by atoms with E-state index in [0.29, 0.717) is 5.69 Å². The van der Waals surface area contributed by atoms with Gasteiger partial charge in [-0.25, -0.2) is 4.39 Å². The highest BCUT2D eigenvalue weighted by molar-refractivity contribution is 5.67. The summed E-state index contributed by atoms with van der Waals surface area (Å²) >= 11 is 0. The zero-order valence-corrected chi connectivity index (χ0v) is 9.71. The monoisotopic (exact) mass is 215 g/mol. The molecule has 0 radical (unpaired) electrons. The Morgan fingerprint density at radius 3 is 2.12 bits per heavy atom. The number of hydrogen-bond donors (Lipinski definition) is 0. The third-order valence-electron chi connectivity index (χ3n) is 2.76. The predicted octanol–water partition coefficient (Wildman–Crippen LogP) is 3.81. The van der Waals surface area contributed by atoms with Gasteiger partial charge in [0.15, 0.2) is 0 Å². The number of rotatable bonds is 1. The first kappa shape index (κ1) is 10.8. The zero-order valence-electron chi connectivity index (χ0n) is 9.71. The molecule has 0 unspecified atom stereocenters. The standard InChI is InChI=1S/C14H14FN/c1-9-5-4-6-10(2)14(9)13-8-7-12(15)11(3)16-13/h4-8H,1-3H3. The summed E-state index contributed by atoms with van der Waals surface area (Å²) in [6.45, 7) is 5.78. The Bertz CT molecular complexity index is 512. The molecule has 1 nitrogen and oxygen atoms in total. The van der Waals surface area contributed by atoms with Crippen LogP contribution >= 0.6 is 0 Å². The summed E-state index contributed by atoms with van der Waals surface area (Å²) in [5, 5.41) is 0. The maximum Gasteiger partial charge on any atom is 0.144 e. The fourth-order valence-electron chi connectivity index (χ4n) is 1.90. The molecule has 0 spiro atoms. The largest absolute Gasteiger partial charge is 0.250 e. The molecule has 16 heavy (non-hydrogen) atoms. The minimum Gasteiger partial charge on any atom is -0.250 e. The molecule has 1 aromatic heterocycles. The lowest BCUT2D eigenvalue weighted by Gasteiger charge is -2.09. The van der Waals surface area contributed by atoms with Gasteiger partial charge in [-0.05, 0) is 44.0 Å². The molecule has 2 aromatic rings. The van der Waals surface area contributed by atoms with Gasteiger partial charge in [0.25, 0.3) is 0 Å². The molecule has 0 aliphatic rings. The molecule has 0 aliphatic heterocycles. The van der Waals surface area contributed by atoms with Gasteiger partial charge in [0.05, 0.1) is 11.4 Å². The molecular weight excluding hydrogens is 201 g/mol. The molecule has 0 bridgehead atoms. The number of halogens is 1. The predicted molar refractivity (Wildman–Crippen MR) is 63.8 cm³/mol. The number of benzene rings is 1. The number of nitrogens with zero attached hydrogens (tertiary/aromatic N) is 1. The fraction of sp³-hybridized carbons (Fsp3) is 0.214. The zero-order chi connectivity index (χ0) is 11.7. The van der Waals surface area contributed by atoms with Crippen molar-refractivity contribution < 1.29 is 4.39 Å². The SMILES string of the molecule is Cc1cccc(C)c1-c1ccc(F)c(C)n1. The van der Waals surface area contributed by atoms with E-state index in [1.54, 1.807) is 13.0 Å². The minimum absolute atomic E-state index is 0.255. The van der Waals surface area contributed by atoms with Crippen LogP contribution < -0.4 is 0 Å². The Kier molecular flexibility index (Phi) is 2.73. The number of hydrogen-bond acceptors (Lipinski definition) is 1. The molecule has 82 valence electrons. The molecule has 0 saturated carbocycles. The first-order chi connectivity index (χ1) is 7.59. The van der Waals surface area contributed by atoms with Gasteiger partial charge in [-0.3, -0.25) is 4.98 Å². The minimum atomic E-state index is -0.255. The molecule has 0 amide bonds. The van der Waals surface area contributed by atoms with Crippen molar-refractivity contribution in [2.45, 2.75) is 20.8 Å². The normalized spacial score (nSPS) is 10.5. The van der Waals surface area contributed by atoms with E-state index in [2.05, 4.69) is 4.98 Å². The summed E-state index contributed by atoms with van der Waals surface area (Å²) in [5.41, 5.74) is 4.72. The highest BCUT2D eigenvalue weighted by Crippen LogP contribution is 2.25. The molecule has 0 saturated heterocycles. The van der Waals surface area contributed by atoms with E-state index < -0.39 is 0 Å². The summed E-state index contributed by atoms with van der Waals surface area (Å²) in [4.78, 5) is 4.29. The Labute approximate surface area is 95.0 Å².